The first-order valence-electron chi connectivity index (χ1n) is 3.80. The average molecular weight is 140 g/mol. The van der Waals surface area contributed by atoms with Gasteiger partial charge in [0.2, 0.25) is 0 Å². The molecule has 0 aromatic heterocycles. The molecule has 3 unspecified atom stereocenters. The summed E-state index contributed by atoms with van der Waals surface area (Å²) in [6.45, 7) is 3.32. The summed E-state index contributed by atoms with van der Waals surface area (Å²) in [5.74, 6) is 0. The Balaban J connectivity index is 1.69. The Morgan fingerprint density at radius 2 is 1.10 bits per heavy atom. The third kappa shape index (κ3) is 0.874. The van der Waals surface area contributed by atoms with E-state index in [2.05, 4.69) is 0 Å². The van der Waals surface area contributed by atoms with Gasteiger partial charge in [0.05, 0.1) is 37.8 Å². The van der Waals surface area contributed by atoms with E-state index >= 15 is 0 Å². The third-order valence-corrected chi connectivity index (χ3v) is 2.37. The first kappa shape index (κ1) is 5.58. The van der Waals surface area contributed by atoms with Crippen molar-refractivity contribution in [2.75, 3.05) is 19.8 Å². The van der Waals surface area contributed by atoms with Crippen LogP contribution >= 0.6 is 0 Å². The Morgan fingerprint density at radius 3 is 1.30 bits per heavy atom. The summed E-state index contributed by atoms with van der Waals surface area (Å²) in [4.78, 5) is 0. The fraction of sp³-hybridized carbons (Fsp3) is 1.00. The topological polar surface area (TPSA) is 37.6 Å². The van der Waals surface area contributed by atoms with Gasteiger partial charge < -0.3 is 14.2 Å². The van der Waals surface area contributed by atoms with Crippen LogP contribution in [0.2, 0.25) is 0 Å². The van der Waals surface area contributed by atoms with Crippen LogP contribution < -0.4 is 0 Å². The highest BCUT2D eigenvalue weighted by Crippen LogP contribution is 2.31. The van der Waals surface area contributed by atoms with Crippen molar-refractivity contribution in [3.8, 4) is 0 Å². The van der Waals surface area contributed by atoms with Gasteiger partial charge in [0.1, 0.15) is 0 Å². The molecule has 0 aliphatic carbocycles. The molecule has 3 nitrogen and oxygen atoms in total. The molecule has 0 saturated carbocycles. The molecule has 0 aromatic carbocycles. The minimum Gasteiger partial charge on any atom is -0.382 e. The van der Waals surface area contributed by atoms with E-state index in [-0.39, 0.29) is 0 Å². The molecule has 4 heteroatoms. The van der Waals surface area contributed by atoms with Crippen LogP contribution in [0.4, 0.5) is 0 Å². The maximum absolute atomic E-state index is 5.21. The normalized spacial score (nSPS) is 48.6. The predicted molar refractivity (Wildman–Crippen MR) is 35.0 cm³/mol. The van der Waals surface area contributed by atoms with Crippen LogP contribution in [-0.2, 0) is 14.2 Å². The number of hydrogen-bond acceptors (Lipinski definition) is 3. The first-order valence-corrected chi connectivity index (χ1v) is 3.80. The smallest absolute Gasteiger partial charge is 0.252 e. The van der Waals surface area contributed by atoms with Gasteiger partial charge >= 0.3 is 0 Å². The molecule has 3 fully saturated rings. The van der Waals surface area contributed by atoms with E-state index in [4.69, 9.17) is 14.2 Å². The zero-order valence-electron chi connectivity index (χ0n) is 5.66. The largest absolute Gasteiger partial charge is 0.382 e. The Morgan fingerprint density at radius 1 is 0.800 bits per heavy atom. The van der Waals surface area contributed by atoms with Crippen molar-refractivity contribution in [3.05, 3.63) is 0 Å². The monoisotopic (exact) mass is 140 g/mol. The molecule has 3 heterocycles. The molecule has 0 amide bonds. The zero-order valence-corrected chi connectivity index (χ0v) is 5.66. The summed E-state index contributed by atoms with van der Waals surface area (Å²) < 4.78 is 15.6. The van der Waals surface area contributed by atoms with Crippen molar-refractivity contribution in [1.82, 2.24) is 0 Å². The quantitative estimate of drug-likeness (QED) is 0.384. The molecule has 3 aliphatic heterocycles. The van der Waals surface area contributed by atoms with Gasteiger partial charge in [-0.1, -0.05) is 0 Å². The second-order valence-corrected chi connectivity index (χ2v) is 3.19. The van der Waals surface area contributed by atoms with Crippen LogP contribution in [0.25, 0.3) is 0 Å². The molecule has 54 valence electrons. The van der Waals surface area contributed by atoms with Gasteiger partial charge in [0.25, 0.3) is 6.71 Å². The van der Waals surface area contributed by atoms with Gasteiger partial charge in [-0.05, 0) is 0 Å². The van der Waals surface area contributed by atoms with E-state index < -0.39 is 0 Å². The van der Waals surface area contributed by atoms with Crippen LogP contribution in [0.3, 0.4) is 0 Å². The third-order valence-electron chi connectivity index (χ3n) is 2.37. The van der Waals surface area contributed by atoms with Crippen LogP contribution in [0.1, 0.15) is 0 Å². The Kier molecular flexibility index (Phi) is 0.978. The van der Waals surface area contributed by atoms with Gasteiger partial charge in [-0.15, -0.1) is 0 Å². The fourth-order valence-corrected chi connectivity index (χ4v) is 1.55. The SMILES string of the molecule is C1OC1B(C1CO1)C1CO1. The molecule has 0 spiro atoms. The Labute approximate surface area is 59.7 Å². The number of hydrogen-bond donors (Lipinski definition) is 0. The molecular weight excluding hydrogens is 131 g/mol. The van der Waals surface area contributed by atoms with E-state index in [0.29, 0.717) is 24.7 Å². The van der Waals surface area contributed by atoms with Crippen molar-refractivity contribution in [1.29, 1.82) is 0 Å². The van der Waals surface area contributed by atoms with Crippen molar-refractivity contribution in [2.24, 2.45) is 0 Å². The molecule has 3 rings (SSSR count). The molecule has 0 bridgehead atoms. The van der Waals surface area contributed by atoms with E-state index in [9.17, 15) is 0 Å². The van der Waals surface area contributed by atoms with Crippen LogP contribution in [-0.4, -0.2) is 44.5 Å². The number of rotatable bonds is 3. The second kappa shape index (κ2) is 1.75. The van der Waals surface area contributed by atoms with Crippen molar-refractivity contribution < 1.29 is 14.2 Å². The van der Waals surface area contributed by atoms with Gasteiger partial charge in [-0.25, -0.2) is 0 Å². The minimum atomic E-state index is 0.458. The Bertz CT molecular complexity index is 123. The highest BCUT2D eigenvalue weighted by molar-refractivity contribution is 6.65. The summed E-state index contributed by atoms with van der Waals surface area (Å²) in [7, 11) is 0. The molecule has 3 atom stereocenters. The highest BCUT2D eigenvalue weighted by Gasteiger charge is 2.55. The van der Waals surface area contributed by atoms with Gasteiger partial charge in [0.15, 0.2) is 0 Å². The van der Waals surface area contributed by atoms with E-state index in [1.165, 1.54) is 0 Å². The number of ether oxygens (including phenoxy) is 3. The summed E-state index contributed by atoms with van der Waals surface area (Å²) in [6.07, 6.45) is 0. The molecule has 10 heavy (non-hydrogen) atoms. The van der Waals surface area contributed by atoms with Crippen molar-refractivity contribution in [2.45, 2.75) is 18.0 Å². The van der Waals surface area contributed by atoms with E-state index in [0.717, 1.165) is 19.8 Å². The fourth-order valence-electron chi connectivity index (χ4n) is 1.55. The molecular formula is C6H9BO3. The lowest BCUT2D eigenvalue weighted by Crippen LogP contribution is -2.35. The molecule has 3 aliphatic rings. The average Bonchev–Trinajstić information content (AvgIpc) is 2.78. The molecule has 0 N–H and O–H groups in total. The maximum Gasteiger partial charge on any atom is 0.252 e. The van der Waals surface area contributed by atoms with Crippen LogP contribution in [0, 0.1) is 0 Å². The van der Waals surface area contributed by atoms with Crippen LogP contribution in [0.15, 0.2) is 0 Å². The molecule has 0 radical (unpaired) electrons. The lowest BCUT2D eigenvalue weighted by molar-refractivity contribution is 0.412. The lowest BCUT2D eigenvalue weighted by Gasteiger charge is -1.99. The van der Waals surface area contributed by atoms with E-state index in [1.54, 1.807) is 0 Å². The van der Waals surface area contributed by atoms with Crippen molar-refractivity contribution in [3.63, 3.8) is 0 Å². The first-order chi connectivity index (χ1) is 4.95. The van der Waals surface area contributed by atoms with Gasteiger partial charge in [0, 0.05) is 0 Å². The van der Waals surface area contributed by atoms with Gasteiger partial charge in [-0.3, -0.25) is 0 Å². The van der Waals surface area contributed by atoms with Crippen molar-refractivity contribution >= 4 is 6.71 Å². The standard InChI is InChI=1S/C6H9BO3/c1-4(8-1)7(5-2-9-5)6-3-10-6/h4-6H,1-3H2. The summed E-state index contributed by atoms with van der Waals surface area (Å²) in [5, 5.41) is 0. The molecule has 0 aromatic rings. The Hall–Kier alpha value is -0.0551. The van der Waals surface area contributed by atoms with Gasteiger partial charge in [-0.2, -0.15) is 0 Å². The highest BCUT2D eigenvalue weighted by atomic mass is 16.6. The number of epoxide rings is 3. The second-order valence-electron chi connectivity index (χ2n) is 3.19. The summed E-state index contributed by atoms with van der Waals surface area (Å²) in [5.41, 5.74) is 0. The van der Waals surface area contributed by atoms with E-state index in [1.807, 2.05) is 0 Å². The summed E-state index contributed by atoms with van der Waals surface area (Å²) >= 11 is 0. The summed E-state index contributed by atoms with van der Waals surface area (Å²) in [6, 6.07) is 1.37. The zero-order chi connectivity index (χ0) is 6.55. The lowest BCUT2D eigenvalue weighted by atomic mass is 9.42. The predicted octanol–water partition coefficient (Wildman–Crippen LogP) is -0.705. The minimum absolute atomic E-state index is 0.458. The van der Waals surface area contributed by atoms with Crippen LogP contribution in [0.5, 0.6) is 0 Å². The maximum atomic E-state index is 5.21. The molecule has 3 saturated heterocycles.